The summed E-state index contributed by atoms with van der Waals surface area (Å²) < 4.78 is 0. The van der Waals surface area contributed by atoms with Crippen LogP contribution in [0.15, 0.2) is 0 Å². The number of amides is 1. The number of nitrogens with zero attached hydrogens (tertiary/aromatic N) is 2. The molecule has 1 amide bonds. The fraction of sp³-hybridized carbons (Fsp3) is 0.818. The van der Waals surface area contributed by atoms with E-state index in [1.54, 1.807) is 6.92 Å². The first-order chi connectivity index (χ1) is 6.72. The number of hydrogen-bond donors (Lipinski definition) is 0. The SMILES string of the molecule is CC(=O)N1CC(C(C#N)C2CCC2)C1. The largest absolute Gasteiger partial charge is 0.342 e. The van der Waals surface area contributed by atoms with Gasteiger partial charge in [0.1, 0.15) is 0 Å². The number of likely N-dealkylation sites (tertiary alicyclic amines) is 1. The summed E-state index contributed by atoms with van der Waals surface area (Å²) in [5, 5.41) is 9.07. The van der Waals surface area contributed by atoms with Crippen LogP contribution in [0.3, 0.4) is 0 Å². The van der Waals surface area contributed by atoms with Gasteiger partial charge in [-0.2, -0.15) is 5.26 Å². The van der Waals surface area contributed by atoms with Crippen LogP contribution < -0.4 is 0 Å². The van der Waals surface area contributed by atoms with E-state index in [2.05, 4.69) is 6.07 Å². The average molecular weight is 192 g/mol. The van der Waals surface area contributed by atoms with Crippen molar-refractivity contribution in [3.63, 3.8) is 0 Å². The maximum absolute atomic E-state index is 11.0. The van der Waals surface area contributed by atoms with E-state index in [9.17, 15) is 4.79 Å². The lowest BCUT2D eigenvalue weighted by atomic mass is 9.69. The summed E-state index contributed by atoms with van der Waals surface area (Å²) in [5.41, 5.74) is 0. The minimum absolute atomic E-state index is 0.145. The smallest absolute Gasteiger partial charge is 0.219 e. The molecule has 2 rings (SSSR count). The normalized spacial score (nSPS) is 24.7. The number of rotatable bonds is 2. The zero-order chi connectivity index (χ0) is 10.1. The van der Waals surface area contributed by atoms with Crippen LogP contribution in [-0.4, -0.2) is 23.9 Å². The Labute approximate surface area is 84.7 Å². The molecule has 3 heteroatoms. The number of carbonyl (C=O) groups is 1. The topological polar surface area (TPSA) is 44.1 Å². The van der Waals surface area contributed by atoms with Gasteiger partial charge in [-0.3, -0.25) is 4.79 Å². The van der Waals surface area contributed by atoms with Crippen LogP contribution in [-0.2, 0) is 4.79 Å². The molecule has 2 fully saturated rings. The fourth-order valence-corrected chi connectivity index (χ4v) is 2.39. The standard InChI is InChI=1S/C11H16N2O/c1-8(14)13-6-10(7-13)11(5-12)9-3-2-4-9/h9-11H,2-4,6-7H2,1H3. The first kappa shape index (κ1) is 9.51. The van der Waals surface area contributed by atoms with E-state index in [4.69, 9.17) is 5.26 Å². The summed E-state index contributed by atoms with van der Waals surface area (Å²) in [5.74, 6) is 1.43. The van der Waals surface area contributed by atoms with Gasteiger partial charge in [0.15, 0.2) is 0 Å². The van der Waals surface area contributed by atoms with Crippen molar-refractivity contribution in [2.45, 2.75) is 26.2 Å². The molecule has 1 heterocycles. The molecule has 0 aromatic rings. The molecule has 1 atom stereocenters. The van der Waals surface area contributed by atoms with Crippen molar-refractivity contribution in [1.29, 1.82) is 5.26 Å². The Morgan fingerprint density at radius 2 is 2.07 bits per heavy atom. The molecule has 1 aliphatic heterocycles. The maximum atomic E-state index is 11.0. The lowest BCUT2D eigenvalue weighted by Gasteiger charge is -2.44. The molecular weight excluding hydrogens is 176 g/mol. The summed E-state index contributed by atoms with van der Waals surface area (Å²) in [4.78, 5) is 12.8. The Kier molecular flexibility index (Phi) is 2.45. The monoisotopic (exact) mass is 192 g/mol. The second-order valence-electron chi connectivity index (χ2n) is 4.53. The molecule has 76 valence electrons. The van der Waals surface area contributed by atoms with Crippen LogP contribution in [0.5, 0.6) is 0 Å². The summed E-state index contributed by atoms with van der Waals surface area (Å²) in [7, 11) is 0. The molecule has 1 aliphatic carbocycles. The second-order valence-corrected chi connectivity index (χ2v) is 4.53. The molecule has 3 nitrogen and oxygen atoms in total. The van der Waals surface area contributed by atoms with E-state index >= 15 is 0 Å². The molecule has 0 aromatic carbocycles. The van der Waals surface area contributed by atoms with Crippen LogP contribution in [0.4, 0.5) is 0 Å². The van der Waals surface area contributed by atoms with Crippen molar-refractivity contribution >= 4 is 5.91 Å². The van der Waals surface area contributed by atoms with Crippen molar-refractivity contribution < 1.29 is 4.79 Å². The summed E-state index contributed by atoms with van der Waals surface area (Å²) in [6, 6.07) is 2.43. The van der Waals surface area contributed by atoms with Crippen LogP contribution >= 0.6 is 0 Å². The molecule has 0 aromatic heterocycles. The molecule has 0 bridgehead atoms. The summed E-state index contributed by atoms with van der Waals surface area (Å²) in [6.45, 7) is 3.22. The molecular formula is C11H16N2O. The van der Waals surface area contributed by atoms with Crippen LogP contribution in [0.25, 0.3) is 0 Å². The molecule has 0 N–H and O–H groups in total. The van der Waals surface area contributed by atoms with E-state index in [1.807, 2.05) is 4.90 Å². The Balaban J connectivity index is 1.84. The van der Waals surface area contributed by atoms with Gasteiger partial charge in [-0.25, -0.2) is 0 Å². The number of hydrogen-bond acceptors (Lipinski definition) is 2. The Hall–Kier alpha value is -1.04. The van der Waals surface area contributed by atoms with Gasteiger partial charge in [0, 0.05) is 25.9 Å². The van der Waals surface area contributed by atoms with E-state index in [0.717, 1.165) is 13.1 Å². The van der Waals surface area contributed by atoms with E-state index in [1.165, 1.54) is 19.3 Å². The van der Waals surface area contributed by atoms with Gasteiger partial charge >= 0.3 is 0 Å². The quantitative estimate of drug-likeness (QED) is 0.664. The van der Waals surface area contributed by atoms with E-state index < -0.39 is 0 Å². The van der Waals surface area contributed by atoms with Gasteiger partial charge in [-0.05, 0) is 18.8 Å². The summed E-state index contributed by atoms with van der Waals surface area (Å²) >= 11 is 0. The third-order valence-electron chi connectivity index (χ3n) is 3.67. The highest BCUT2D eigenvalue weighted by Crippen LogP contribution is 2.39. The average Bonchev–Trinajstić information content (AvgIpc) is 1.95. The van der Waals surface area contributed by atoms with Crippen molar-refractivity contribution in [1.82, 2.24) is 4.90 Å². The molecule has 0 spiro atoms. The highest BCUT2D eigenvalue weighted by Gasteiger charge is 2.40. The van der Waals surface area contributed by atoms with Crippen molar-refractivity contribution in [3.8, 4) is 6.07 Å². The molecule has 0 radical (unpaired) electrons. The number of nitriles is 1. The van der Waals surface area contributed by atoms with Crippen LogP contribution in [0.1, 0.15) is 26.2 Å². The molecule has 1 unspecified atom stereocenters. The molecule has 14 heavy (non-hydrogen) atoms. The highest BCUT2D eigenvalue weighted by atomic mass is 16.2. The van der Waals surface area contributed by atoms with Crippen molar-refractivity contribution in [2.24, 2.45) is 17.8 Å². The molecule has 1 saturated heterocycles. The predicted molar refractivity (Wildman–Crippen MR) is 52.2 cm³/mol. The van der Waals surface area contributed by atoms with Gasteiger partial charge in [0.25, 0.3) is 0 Å². The Bertz CT molecular complexity index is 272. The summed E-state index contributed by atoms with van der Waals surface area (Å²) in [6.07, 6.45) is 3.72. The third-order valence-corrected chi connectivity index (χ3v) is 3.67. The van der Waals surface area contributed by atoms with Gasteiger partial charge < -0.3 is 4.90 Å². The van der Waals surface area contributed by atoms with Gasteiger partial charge in [-0.1, -0.05) is 6.42 Å². The lowest BCUT2D eigenvalue weighted by Crippen LogP contribution is -2.53. The van der Waals surface area contributed by atoms with Gasteiger partial charge in [-0.15, -0.1) is 0 Å². The van der Waals surface area contributed by atoms with Gasteiger partial charge in [0.2, 0.25) is 5.91 Å². The second kappa shape index (κ2) is 3.61. The van der Waals surface area contributed by atoms with E-state index in [0.29, 0.717) is 11.8 Å². The zero-order valence-corrected chi connectivity index (χ0v) is 8.57. The minimum atomic E-state index is 0.145. The highest BCUT2D eigenvalue weighted by molar-refractivity contribution is 5.74. The Morgan fingerprint density at radius 3 is 2.43 bits per heavy atom. The molecule has 2 aliphatic rings. The van der Waals surface area contributed by atoms with Crippen LogP contribution in [0.2, 0.25) is 0 Å². The third kappa shape index (κ3) is 1.50. The van der Waals surface area contributed by atoms with Crippen molar-refractivity contribution in [3.05, 3.63) is 0 Å². The first-order valence-electron chi connectivity index (χ1n) is 5.37. The zero-order valence-electron chi connectivity index (χ0n) is 8.57. The minimum Gasteiger partial charge on any atom is -0.342 e. The van der Waals surface area contributed by atoms with Gasteiger partial charge in [0.05, 0.1) is 12.0 Å². The van der Waals surface area contributed by atoms with E-state index in [-0.39, 0.29) is 11.8 Å². The fourth-order valence-electron chi connectivity index (χ4n) is 2.39. The first-order valence-corrected chi connectivity index (χ1v) is 5.37. The van der Waals surface area contributed by atoms with Crippen molar-refractivity contribution in [2.75, 3.05) is 13.1 Å². The molecule has 1 saturated carbocycles. The van der Waals surface area contributed by atoms with Crippen LogP contribution in [0, 0.1) is 29.1 Å². The Morgan fingerprint density at radius 1 is 1.43 bits per heavy atom. The lowest BCUT2D eigenvalue weighted by molar-refractivity contribution is -0.136. The maximum Gasteiger partial charge on any atom is 0.219 e. The number of carbonyl (C=O) groups excluding carboxylic acids is 1. The predicted octanol–water partition coefficient (Wildman–Crippen LogP) is 1.40.